The van der Waals surface area contributed by atoms with Gasteiger partial charge in [-0.05, 0) is 43.0 Å². The van der Waals surface area contributed by atoms with Gasteiger partial charge in [-0.1, -0.05) is 48.2 Å². The van der Waals surface area contributed by atoms with Gasteiger partial charge in [0.2, 0.25) is 0 Å². The van der Waals surface area contributed by atoms with Crippen LogP contribution in [0.5, 0.6) is 5.75 Å². The number of aryl methyl sites for hydroxylation is 2. The number of hydrogen-bond donors (Lipinski definition) is 0. The van der Waals surface area contributed by atoms with Crippen molar-refractivity contribution in [2.24, 2.45) is 0 Å². The van der Waals surface area contributed by atoms with Gasteiger partial charge in [0.1, 0.15) is 5.75 Å². The molecule has 0 unspecified atom stereocenters. The van der Waals surface area contributed by atoms with Crippen LogP contribution in [0.4, 0.5) is 0 Å². The summed E-state index contributed by atoms with van der Waals surface area (Å²) in [6.07, 6.45) is 2.01. The van der Waals surface area contributed by atoms with E-state index >= 15 is 0 Å². The van der Waals surface area contributed by atoms with E-state index in [9.17, 15) is 0 Å². The summed E-state index contributed by atoms with van der Waals surface area (Å²) in [4.78, 5) is 0. The maximum Gasteiger partial charge on any atom is 0.134 e. The predicted molar refractivity (Wildman–Crippen MR) is 89.0 cm³/mol. The molecule has 0 radical (unpaired) electrons. The lowest BCUT2D eigenvalue weighted by molar-refractivity contribution is 0.310. The summed E-state index contributed by atoms with van der Waals surface area (Å²) in [6, 6.07) is 16.5. The molecule has 0 bridgehead atoms. The van der Waals surface area contributed by atoms with Crippen molar-refractivity contribution in [2.75, 3.05) is 12.5 Å². The van der Waals surface area contributed by atoms with E-state index in [1.165, 1.54) is 11.1 Å². The number of hydrogen-bond acceptors (Lipinski definition) is 1. The van der Waals surface area contributed by atoms with Gasteiger partial charge in [-0.2, -0.15) is 0 Å². The Morgan fingerprint density at radius 3 is 2.67 bits per heavy atom. The van der Waals surface area contributed by atoms with Crippen LogP contribution in [0.1, 0.15) is 23.1 Å². The molecule has 0 N–H and O–H groups in total. The molecule has 1 nitrogen and oxygen atoms in total. The third-order valence-electron chi connectivity index (χ3n) is 3.14. The minimum Gasteiger partial charge on any atom is -0.492 e. The van der Waals surface area contributed by atoms with Crippen LogP contribution in [0.3, 0.4) is 0 Å². The fourth-order valence-electron chi connectivity index (χ4n) is 2.10. The van der Waals surface area contributed by atoms with E-state index in [0.717, 1.165) is 24.2 Å². The van der Waals surface area contributed by atoms with E-state index in [2.05, 4.69) is 36.1 Å². The molecular formula is C19H19ClO. The minimum atomic E-state index is 0.335. The smallest absolute Gasteiger partial charge is 0.134 e. The first-order valence-corrected chi connectivity index (χ1v) is 7.65. The predicted octanol–water partition coefficient (Wildman–Crippen LogP) is 4.60. The Bertz CT molecular complexity index is 623. The van der Waals surface area contributed by atoms with Crippen LogP contribution in [-0.2, 0) is 6.42 Å². The maximum atomic E-state index is 5.87. The topological polar surface area (TPSA) is 9.23 Å². The highest BCUT2D eigenvalue weighted by Gasteiger charge is 2.02. The molecule has 0 aromatic heterocycles. The molecular weight excluding hydrogens is 280 g/mol. The molecule has 108 valence electrons. The van der Waals surface area contributed by atoms with E-state index in [1.54, 1.807) is 0 Å². The summed E-state index contributed by atoms with van der Waals surface area (Å²) in [5.41, 5.74) is 3.42. The lowest BCUT2D eigenvalue weighted by Gasteiger charge is -2.09. The fraction of sp³-hybridized carbons (Fsp3) is 0.263. The highest BCUT2D eigenvalue weighted by molar-refractivity contribution is 6.19. The Balaban J connectivity index is 1.91. The van der Waals surface area contributed by atoms with Crippen LogP contribution in [0.15, 0.2) is 48.5 Å². The van der Waals surface area contributed by atoms with Crippen LogP contribution >= 0.6 is 11.6 Å². The molecule has 0 fully saturated rings. The third-order valence-corrected chi connectivity index (χ3v) is 3.27. The molecule has 0 spiro atoms. The largest absolute Gasteiger partial charge is 0.492 e. The fourth-order valence-corrected chi connectivity index (χ4v) is 2.17. The molecule has 0 saturated carbocycles. The Morgan fingerprint density at radius 2 is 1.90 bits per heavy atom. The standard InChI is InChI=1S/C19H19ClO/c1-16-11-12-19(18(15-16)10-5-13-20)21-14-6-9-17-7-3-2-4-8-17/h2-4,7-8,11-12,15H,6,9,13-14H2,1H3. The molecule has 0 aliphatic rings. The van der Waals surface area contributed by atoms with Crippen molar-refractivity contribution in [2.45, 2.75) is 19.8 Å². The van der Waals surface area contributed by atoms with E-state index in [0.29, 0.717) is 12.5 Å². The zero-order valence-corrected chi connectivity index (χ0v) is 13.0. The van der Waals surface area contributed by atoms with Crippen LogP contribution in [0, 0.1) is 18.8 Å². The number of halogens is 1. The molecule has 2 aromatic carbocycles. The normalized spacial score (nSPS) is 9.81. The van der Waals surface area contributed by atoms with Crippen LogP contribution in [0.25, 0.3) is 0 Å². The van der Waals surface area contributed by atoms with Crippen molar-refractivity contribution < 1.29 is 4.74 Å². The summed E-state index contributed by atoms with van der Waals surface area (Å²) < 4.78 is 5.87. The molecule has 2 heteroatoms. The van der Waals surface area contributed by atoms with Gasteiger partial charge in [0, 0.05) is 0 Å². The second kappa shape index (κ2) is 8.39. The van der Waals surface area contributed by atoms with Gasteiger partial charge < -0.3 is 4.74 Å². The number of benzene rings is 2. The van der Waals surface area contributed by atoms with Gasteiger partial charge in [-0.15, -0.1) is 11.6 Å². The summed E-state index contributed by atoms with van der Waals surface area (Å²) in [7, 11) is 0. The van der Waals surface area contributed by atoms with Gasteiger partial charge in [0.25, 0.3) is 0 Å². The van der Waals surface area contributed by atoms with Gasteiger partial charge >= 0.3 is 0 Å². The van der Waals surface area contributed by atoms with E-state index in [-0.39, 0.29) is 0 Å². The second-order valence-electron chi connectivity index (χ2n) is 4.87. The van der Waals surface area contributed by atoms with Gasteiger partial charge in [0.15, 0.2) is 0 Å². The van der Waals surface area contributed by atoms with Crippen LogP contribution < -0.4 is 4.74 Å². The molecule has 0 atom stereocenters. The first-order chi connectivity index (χ1) is 10.3. The number of alkyl halides is 1. The zero-order chi connectivity index (χ0) is 14.9. The Kier molecular flexibility index (Phi) is 6.19. The average molecular weight is 299 g/mol. The van der Waals surface area contributed by atoms with Crippen LogP contribution in [0.2, 0.25) is 0 Å². The zero-order valence-electron chi connectivity index (χ0n) is 12.2. The van der Waals surface area contributed by atoms with Crippen molar-refractivity contribution in [3.05, 3.63) is 65.2 Å². The Labute approximate surface area is 131 Å². The third kappa shape index (κ3) is 5.17. The monoisotopic (exact) mass is 298 g/mol. The maximum absolute atomic E-state index is 5.87. The molecule has 2 aromatic rings. The minimum absolute atomic E-state index is 0.335. The lowest BCUT2D eigenvalue weighted by atomic mass is 10.1. The first kappa shape index (κ1) is 15.5. The Morgan fingerprint density at radius 1 is 1.10 bits per heavy atom. The molecule has 0 saturated heterocycles. The van der Waals surface area contributed by atoms with Gasteiger partial charge in [0.05, 0.1) is 18.1 Å². The van der Waals surface area contributed by atoms with Crippen molar-refractivity contribution in [3.63, 3.8) is 0 Å². The molecule has 0 amide bonds. The van der Waals surface area contributed by atoms with Crippen molar-refractivity contribution in [3.8, 4) is 17.6 Å². The quantitative estimate of drug-likeness (QED) is 0.445. The lowest BCUT2D eigenvalue weighted by Crippen LogP contribution is -2.01. The van der Waals surface area contributed by atoms with Crippen molar-refractivity contribution in [1.29, 1.82) is 0 Å². The van der Waals surface area contributed by atoms with Crippen molar-refractivity contribution in [1.82, 2.24) is 0 Å². The highest BCUT2D eigenvalue weighted by atomic mass is 35.5. The summed E-state index contributed by atoms with van der Waals surface area (Å²) in [5.74, 6) is 7.11. The molecule has 21 heavy (non-hydrogen) atoms. The number of ether oxygens (including phenoxy) is 1. The molecule has 0 aliphatic carbocycles. The summed E-state index contributed by atoms with van der Waals surface area (Å²) >= 11 is 5.62. The van der Waals surface area contributed by atoms with E-state index in [1.807, 2.05) is 31.2 Å². The molecule has 2 rings (SSSR count). The second-order valence-corrected chi connectivity index (χ2v) is 5.14. The summed E-state index contributed by atoms with van der Waals surface area (Å²) in [6.45, 7) is 2.73. The average Bonchev–Trinajstić information content (AvgIpc) is 2.52. The molecule has 0 aliphatic heterocycles. The number of rotatable bonds is 5. The van der Waals surface area contributed by atoms with Crippen LogP contribution in [-0.4, -0.2) is 12.5 Å². The van der Waals surface area contributed by atoms with Gasteiger partial charge in [-0.3, -0.25) is 0 Å². The van der Waals surface area contributed by atoms with E-state index in [4.69, 9.17) is 16.3 Å². The first-order valence-electron chi connectivity index (χ1n) is 7.12. The Hall–Kier alpha value is -1.91. The molecule has 0 heterocycles. The van der Waals surface area contributed by atoms with E-state index < -0.39 is 0 Å². The SMILES string of the molecule is Cc1ccc(OCCCc2ccccc2)c(C#CCCl)c1. The van der Waals surface area contributed by atoms with Gasteiger partial charge in [-0.25, -0.2) is 0 Å². The van der Waals surface area contributed by atoms with Crippen molar-refractivity contribution >= 4 is 11.6 Å². The summed E-state index contributed by atoms with van der Waals surface area (Å²) in [5, 5.41) is 0. The highest BCUT2D eigenvalue weighted by Crippen LogP contribution is 2.19.